The lowest BCUT2D eigenvalue weighted by Gasteiger charge is -2.11. The third kappa shape index (κ3) is 3.49. The molecular formula is C8H8F3IN2O. The van der Waals surface area contributed by atoms with E-state index in [9.17, 15) is 13.2 Å². The van der Waals surface area contributed by atoms with Gasteiger partial charge in [-0.1, -0.05) is 0 Å². The van der Waals surface area contributed by atoms with Gasteiger partial charge in [0.1, 0.15) is 3.70 Å². The Balaban J connectivity index is 3.06. The van der Waals surface area contributed by atoms with E-state index in [-0.39, 0.29) is 6.54 Å². The van der Waals surface area contributed by atoms with Crippen molar-refractivity contribution in [1.82, 2.24) is 4.98 Å². The lowest BCUT2D eigenvalue weighted by atomic mass is 10.1. The SMILES string of the molecule is Cc1c(CN)cc(OC(F)(F)F)nc1I. The molecule has 0 aliphatic heterocycles. The summed E-state index contributed by atoms with van der Waals surface area (Å²) in [5, 5.41) is 0. The Bertz CT molecular complexity index is 368. The Morgan fingerprint density at radius 1 is 1.53 bits per heavy atom. The topological polar surface area (TPSA) is 48.1 Å². The van der Waals surface area contributed by atoms with Crippen LogP contribution in [0.5, 0.6) is 5.88 Å². The van der Waals surface area contributed by atoms with Crippen LogP contribution in [0.1, 0.15) is 11.1 Å². The Morgan fingerprint density at radius 2 is 2.13 bits per heavy atom. The van der Waals surface area contributed by atoms with Gasteiger partial charge < -0.3 is 10.5 Å². The molecule has 0 saturated heterocycles. The quantitative estimate of drug-likeness (QED) is 0.668. The first kappa shape index (κ1) is 12.5. The maximum absolute atomic E-state index is 11.9. The predicted octanol–water partition coefficient (Wildman–Crippen LogP) is 2.35. The van der Waals surface area contributed by atoms with Crippen molar-refractivity contribution in [3.63, 3.8) is 0 Å². The zero-order chi connectivity index (χ0) is 11.6. The standard InChI is InChI=1S/C8H8F3IN2O/c1-4-5(3-13)2-6(14-7(4)12)15-8(9,10)11/h2H,3,13H2,1H3. The first-order valence-corrected chi connectivity index (χ1v) is 5.03. The summed E-state index contributed by atoms with van der Waals surface area (Å²) in [5.74, 6) is -0.474. The molecule has 1 aromatic heterocycles. The molecule has 84 valence electrons. The molecular weight excluding hydrogens is 324 g/mol. The number of nitrogens with two attached hydrogens (primary N) is 1. The van der Waals surface area contributed by atoms with Crippen molar-refractivity contribution in [2.75, 3.05) is 0 Å². The number of ether oxygens (including phenoxy) is 1. The van der Waals surface area contributed by atoms with Crippen molar-refractivity contribution in [2.45, 2.75) is 19.8 Å². The molecule has 0 fully saturated rings. The maximum Gasteiger partial charge on any atom is 0.574 e. The molecule has 0 atom stereocenters. The molecule has 0 bridgehead atoms. The second kappa shape index (κ2) is 4.52. The highest BCUT2D eigenvalue weighted by atomic mass is 127. The average Bonchev–Trinajstić information content (AvgIpc) is 2.08. The van der Waals surface area contributed by atoms with Gasteiger partial charge in [-0.25, -0.2) is 4.98 Å². The molecule has 3 nitrogen and oxygen atoms in total. The summed E-state index contributed by atoms with van der Waals surface area (Å²) in [6.07, 6.45) is -4.72. The Morgan fingerprint density at radius 3 is 2.60 bits per heavy atom. The van der Waals surface area contributed by atoms with Gasteiger partial charge >= 0.3 is 6.36 Å². The molecule has 0 saturated carbocycles. The van der Waals surface area contributed by atoms with Crippen LogP contribution in [0, 0.1) is 10.6 Å². The zero-order valence-corrected chi connectivity index (χ0v) is 9.89. The summed E-state index contributed by atoms with van der Waals surface area (Å²) < 4.78 is 39.9. The van der Waals surface area contributed by atoms with E-state index in [0.29, 0.717) is 9.26 Å². The first-order valence-electron chi connectivity index (χ1n) is 3.95. The van der Waals surface area contributed by atoms with Gasteiger partial charge in [0.25, 0.3) is 0 Å². The van der Waals surface area contributed by atoms with Crippen molar-refractivity contribution >= 4 is 22.6 Å². The van der Waals surface area contributed by atoms with E-state index in [0.717, 1.165) is 5.56 Å². The third-order valence-corrected chi connectivity index (χ3v) is 2.79. The number of aromatic nitrogens is 1. The molecule has 15 heavy (non-hydrogen) atoms. The van der Waals surface area contributed by atoms with Gasteiger partial charge in [0.15, 0.2) is 0 Å². The first-order chi connectivity index (χ1) is 6.83. The zero-order valence-electron chi connectivity index (χ0n) is 7.73. The fourth-order valence-electron chi connectivity index (χ4n) is 0.986. The molecule has 0 amide bonds. The summed E-state index contributed by atoms with van der Waals surface area (Å²) in [4.78, 5) is 3.66. The fraction of sp³-hybridized carbons (Fsp3) is 0.375. The number of hydrogen-bond donors (Lipinski definition) is 1. The molecule has 1 aromatic rings. The van der Waals surface area contributed by atoms with Gasteiger partial charge in [0, 0.05) is 12.6 Å². The van der Waals surface area contributed by atoms with Crippen molar-refractivity contribution in [3.8, 4) is 5.88 Å². The van der Waals surface area contributed by atoms with Crippen LogP contribution in [0.2, 0.25) is 0 Å². The van der Waals surface area contributed by atoms with Gasteiger partial charge in [-0.2, -0.15) is 0 Å². The second-order valence-corrected chi connectivity index (χ2v) is 3.81. The molecule has 2 N–H and O–H groups in total. The van der Waals surface area contributed by atoms with E-state index in [2.05, 4.69) is 9.72 Å². The highest BCUT2D eigenvalue weighted by molar-refractivity contribution is 14.1. The van der Waals surface area contributed by atoms with Crippen molar-refractivity contribution in [3.05, 3.63) is 20.9 Å². The van der Waals surface area contributed by atoms with E-state index in [1.54, 1.807) is 6.92 Å². The van der Waals surface area contributed by atoms with Crippen LogP contribution in [0.25, 0.3) is 0 Å². The predicted molar refractivity (Wildman–Crippen MR) is 56.3 cm³/mol. The van der Waals surface area contributed by atoms with Gasteiger partial charge in [-0.15, -0.1) is 13.2 Å². The number of alkyl halides is 3. The van der Waals surface area contributed by atoms with Gasteiger partial charge in [0.2, 0.25) is 5.88 Å². The monoisotopic (exact) mass is 332 g/mol. The summed E-state index contributed by atoms with van der Waals surface area (Å²) in [7, 11) is 0. The van der Waals surface area contributed by atoms with Crippen LogP contribution in [0.15, 0.2) is 6.07 Å². The van der Waals surface area contributed by atoms with Gasteiger partial charge in [-0.05, 0) is 40.6 Å². The van der Waals surface area contributed by atoms with Crippen molar-refractivity contribution in [2.24, 2.45) is 5.73 Å². The normalized spacial score (nSPS) is 11.6. The van der Waals surface area contributed by atoms with Crippen LogP contribution in [-0.2, 0) is 6.54 Å². The molecule has 0 radical (unpaired) electrons. The minimum absolute atomic E-state index is 0.151. The van der Waals surface area contributed by atoms with E-state index in [4.69, 9.17) is 5.73 Å². The number of rotatable bonds is 2. The van der Waals surface area contributed by atoms with Crippen molar-refractivity contribution < 1.29 is 17.9 Å². The Kier molecular flexibility index (Phi) is 3.77. The molecule has 0 spiro atoms. The second-order valence-electron chi connectivity index (χ2n) is 2.79. The van der Waals surface area contributed by atoms with Crippen LogP contribution in [-0.4, -0.2) is 11.3 Å². The summed E-state index contributed by atoms with van der Waals surface area (Å²) in [6.45, 7) is 1.90. The molecule has 0 aliphatic rings. The van der Waals surface area contributed by atoms with E-state index in [1.165, 1.54) is 6.07 Å². The van der Waals surface area contributed by atoms with Crippen LogP contribution in [0.3, 0.4) is 0 Å². The van der Waals surface area contributed by atoms with E-state index in [1.807, 2.05) is 22.6 Å². The van der Waals surface area contributed by atoms with Crippen molar-refractivity contribution in [1.29, 1.82) is 0 Å². The highest BCUT2D eigenvalue weighted by Crippen LogP contribution is 2.24. The molecule has 0 aromatic carbocycles. The number of pyridine rings is 1. The van der Waals surface area contributed by atoms with E-state index < -0.39 is 12.2 Å². The third-order valence-electron chi connectivity index (χ3n) is 1.74. The summed E-state index contributed by atoms with van der Waals surface area (Å²) >= 11 is 1.84. The van der Waals surface area contributed by atoms with Crippen LogP contribution < -0.4 is 10.5 Å². The molecule has 0 aliphatic carbocycles. The lowest BCUT2D eigenvalue weighted by Crippen LogP contribution is -2.18. The molecule has 0 unspecified atom stereocenters. The Labute approximate surface area is 98.0 Å². The minimum atomic E-state index is -4.72. The summed E-state index contributed by atoms with van der Waals surface area (Å²) in [5.41, 5.74) is 6.75. The van der Waals surface area contributed by atoms with Gasteiger partial charge in [-0.3, -0.25) is 0 Å². The van der Waals surface area contributed by atoms with Gasteiger partial charge in [0.05, 0.1) is 0 Å². The molecule has 7 heteroatoms. The Hall–Kier alpha value is -0.570. The number of nitrogens with zero attached hydrogens (tertiary/aromatic N) is 1. The summed E-state index contributed by atoms with van der Waals surface area (Å²) in [6, 6.07) is 1.20. The average molecular weight is 332 g/mol. The molecule has 1 rings (SSSR count). The number of halogens is 4. The fourth-order valence-corrected chi connectivity index (χ4v) is 1.57. The number of hydrogen-bond acceptors (Lipinski definition) is 3. The lowest BCUT2D eigenvalue weighted by molar-refractivity contribution is -0.276. The van der Waals surface area contributed by atoms with Crippen LogP contribution in [0.4, 0.5) is 13.2 Å². The highest BCUT2D eigenvalue weighted by Gasteiger charge is 2.32. The largest absolute Gasteiger partial charge is 0.574 e. The maximum atomic E-state index is 11.9. The smallest absolute Gasteiger partial charge is 0.388 e. The molecule has 1 heterocycles. The van der Waals surface area contributed by atoms with E-state index >= 15 is 0 Å². The van der Waals surface area contributed by atoms with Crippen LogP contribution >= 0.6 is 22.6 Å². The minimum Gasteiger partial charge on any atom is -0.388 e.